The molecule has 2 saturated carbocycles. The molecule has 5 aromatic rings. The van der Waals surface area contributed by atoms with E-state index in [1.54, 1.807) is 36.2 Å². The maximum absolute atomic E-state index is 14.0. The number of likely N-dealkylation sites (tertiary alicyclic amines) is 2. The summed E-state index contributed by atoms with van der Waals surface area (Å²) in [7, 11) is 3.15. The van der Waals surface area contributed by atoms with Crippen molar-refractivity contribution in [2.24, 2.45) is 46.3 Å². The number of ketones is 2. The second-order valence-electron chi connectivity index (χ2n) is 23.1. The van der Waals surface area contributed by atoms with Crippen molar-refractivity contribution in [2.45, 2.75) is 84.2 Å². The number of methoxy groups -OCH3 is 2. The second-order valence-corrected chi connectivity index (χ2v) is 23.1. The zero-order valence-electron chi connectivity index (χ0n) is 45.4. The molecular weight excluding hydrogens is 1010 g/mol. The summed E-state index contributed by atoms with van der Waals surface area (Å²) >= 11 is 0. The van der Waals surface area contributed by atoms with Gasteiger partial charge < -0.3 is 60.4 Å². The van der Waals surface area contributed by atoms with E-state index in [4.69, 9.17) is 14.2 Å². The zero-order chi connectivity index (χ0) is 56.1. The normalized spacial score (nSPS) is 25.5. The minimum absolute atomic E-state index is 0.0322. The first-order valence-corrected chi connectivity index (χ1v) is 27.2. The number of benzene rings is 3. The number of rotatable bonds is 19. The predicted molar refractivity (Wildman–Crippen MR) is 289 cm³/mol. The Morgan fingerprint density at radius 2 is 1.10 bits per heavy atom. The van der Waals surface area contributed by atoms with Crippen molar-refractivity contribution in [3.63, 3.8) is 0 Å². The molecule has 7 N–H and O–H groups in total. The monoisotopic (exact) mass is 1080 g/mol. The number of carbonyl (C=O) groups is 8. The lowest BCUT2D eigenvalue weighted by Gasteiger charge is -2.31. The SMILES string of the molecule is COc1cccc2[nH]c(C(=O)N3C[C@H]4[C@@H]([C@H]3C(=O)N[C@@H](C[C@@H]3CCNC3=O)C(=O)CO)C4(C)C)cc12.COc1cccc2[nH]c(C(=O)N3C[C@H]4[C@@H]([C@H]3C(=O)N[C@@H](C[C@@H]3CCNC3=O)C(=O)COCc3ccccc3)C4(C)C)cc12. The van der Waals surface area contributed by atoms with Crippen molar-refractivity contribution in [3.8, 4) is 11.5 Å². The number of aromatic nitrogens is 2. The molecule has 0 spiro atoms. The summed E-state index contributed by atoms with van der Waals surface area (Å²) < 4.78 is 16.6. The van der Waals surface area contributed by atoms with Crippen molar-refractivity contribution in [2.75, 3.05) is 53.6 Å². The highest BCUT2D eigenvalue weighted by molar-refractivity contribution is 6.04. The lowest BCUT2D eigenvalue weighted by molar-refractivity contribution is -0.134. The van der Waals surface area contributed by atoms with Crippen LogP contribution in [0.3, 0.4) is 0 Å². The lowest BCUT2D eigenvalue weighted by atomic mass is 9.94. The number of H-pyrrole nitrogens is 2. The fourth-order valence-electron chi connectivity index (χ4n) is 13.2. The average molecular weight is 1080 g/mol. The summed E-state index contributed by atoms with van der Waals surface area (Å²) in [6, 6.07) is 20.7. The summed E-state index contributed by atoms with van der Waals surface area (Å²) in [6.45, 7) is 9.66. The van der Waals surface area contributed by atoms with Gasteiger partial charge in [0, 0.05) is 59.8 Å². The number of Topliss-reactive ketones (excluding diaryl/α,β-unsaturated/α-hetero) is 2. The topological polar surface area (TPSA) is 271 Å². The Bertz CT molecular complexity index is 3200. The van der Waals surface area contributed by atoms with Crippen molar-refractivity contribution < 1.29 is 57.7 Å². The van der Waals surface area contributed by atoms with E-state index in [1.807, 2.05) is 66.7 Å². The molecule has 418 valence electrons. The van der Waals surface area contributed by atoms with E-state index >= 15 is 0 Å². The highest BCUT2D eigenvalue weighted by Crippen LogP contribution is 2.66. The minimum Gasteiger partial charge on any atom is -0.496 e. The minimum atomic E-state index is -0.994. The van der Waals surface area contributed by atoms with E-state index in [9.17, 15) is 43.5 Å². The van der Waals surface area contributed by atoms with Crippen molar-refractivity contribution in [1.82, 2.24) is 41.0 Å². The highest BCUT2D eigenvalue weighted by atomic mass is 16.5. The van der Waals surface area contributed by atoms with Crippen molar-refractivity contribution in [3.05, 3.63) is 95.8 Å². The van der Waals surface area contributed by atoms with Crippen LogP contribution in [0.25, 0.3) is 21.8 Å². The molecule has 0 unspecified atom stereocenters. The number of hydrogen-bond donors (Lipinski definition) is 7. The van der Waals surface area contributed by atoms with Crippen LogP contribution in [0, 0.1) is 46.3 Å². The maximum atomic E-state index is 14.0. The Balaban J connectivity index is 0.000000181. The first-order valence-electron chi connectivity index (χ1n) is 27.2. The van der Waals surface area contributed by atoms with Crippen LogP contribution >= 0.6 is 0 Å². The van der Waals surface area contributed by atoms with Crippen LogP contribution in [0.4, 0.5) is 0 Å². The molecule has 11 rings (SSSR count). The molecule has 0 bridgehead atoms. The Kier molecular flexibility index (Phi) is 15.2. The molecule has 6 fully saturated rings. The van der Waals surface area contributed by atoms with Crippen LogP contribution in [0.5, 0.6) is 11.5 Å². The Morgan fingerprint density at radius 1 is 0.646 bits per heavy atom. The van der Waals surface area contributed by atoms with Crippen LogP contribution in [0.15, 0.2) is 78.9 Å². The van der Waals surface area contributed by atoms with Crippen LogP contribution in [-0.4, -0.2) is 150 Å². The number of carbonyl (C=O) groups excluding carboxylic acids is 8. The quantitative estimate of drug-likeness (QED) is 0.0621. The Labute approximate surface area is 457 Å². The molecular formula is C59H70N8O12. The molecule has 20 heteroatoms. The number of ether oxygens (including phenoxy) is 3. The van der Waals surface area contributed by atoms with E-state index in [1.165, 1.54) is 0 Å². The number of aromatic amines is 2. The molecule has 2 aromatic heterocycles. The van der Waals surface area contributed by atoms with Gasteiger partial charge in [0.2, 0.25) is 23.6 Å². The molecule has 20 nitrogen and oxygen atoms in total. The first-order chi connectivity index (χ1) is 37.9. The summed E-state index contributed by atoms with van der Waals surface area (Å²) in [6.07, 6.45) is 1.47. The van der Waals surface area contributed by atoms with Crippen LogP contribution in [-0.2, 0) is 40.1 Å². The molecule has 0 radical (unpaired) electrons. The number of hydrogen-bond acceptors (Lipinski definition) is 12. The summed E-state index contributed by atoms with van der Waals surface area (Å²) in [5.41, 5.74) is 2.98. The fraction of sp³-hybridized carbons (Fsp3) is 0.492. The third kappa shape index (κ3) is 10.6. The molecule has 6 heterocycles. The Morgan fingerprint density at radius 3 is 1.52 bits per heavy atom. The molecule has 79 heavy (non-hydrogen) atoms. The highest BCUT2D eigenvalue weighted by Gasteiger charge is 2.70. The molecule has 3 aromatic carbocycles. The molecule has 6 amide bonds. The molecule has 10 atom stereocenters. The van der Waals surface area contributed by atoms with Crippen molar-refractivity contribution >= 4 is 68.8 Å². The lowest BCUT2D eigenvalue weighted by Crippen LogP contribution is -2.54. The summed E-state index contributed by atoms with van der Waals surface area (Å²) in [5, 5.41) is 22.3. The van der Waals surface area contributed by atoms with Crippen LogP contribution in [0.2, 0.25) is 0 Å². The first kappa shape index (κ1) is 54.8. The van der Waals surface area contributed by atoms with Gasteiger partial charge in [-0.3, -0.25) is 38.4 Å². The number of nitrogens with zero attached hydrogens (tertiary/aromatic N) is 2. The van der Waals surface area contributed by atoms with E-state index in [0.717, 1.165) is 27.4 Å². The van der Waals surface area contributed by atoms with Gasteiger partial charge in [0.25, 0.3) is 11.8 Å². The van der Waals surface area contributed by atoms with E-state index < -0.39 is 48.4 Å². The smallest absolute Gasteiger partial charge is 0.271 e. The van der Waals surface area contributed by atoms with Crippen molar-refractivity contribution in [1.29, 1.82) is 0 Å². The van der Waals surface area contributed by atoms with Gasteiger partial charge in [-0.2, -0.15) is 0 Å². The third-order valence-electron chi connectivity index (χ3n) is 17.9. The van der Waals surface area contributed by atoms with Gasteiger partial charge in [0.1, 0.15) is 48.2 Å². The summed E-state index contributed by atoms with van der Waals surface area (Å²) in [4.78, 5) is 115. The van der Waals surface area contributed by atoms with Crippen LogP contribution in [0.1, 0.15) is 79.9 Å². The van der Waals surface area contributed by atoms with Crippen LogP contribution < -0.4 is 30.7 Å². The average Bonchev–Trinajstić information content (AvgIpc) is 2.41. The van der Waals surface area contributed by atoms with Gasteiger partial charge in [-0.25, -0.2) is 0 Å². The number of piperidine rings is 2. The fourth-order valence-corrected chi connectivity index (χ4v) is 13.2. The maximum Gasteiger partial charge on any atom is 0.271 e. The number of nitrogens with one attached hydrogen (secondary N) is 6. The molecule has 4 saturated heterocycles. The largest absolute Gasteiger partial charge is 0.496 e. The predicted octanol–water partition coefficient (Wildman–Crippen LogP) is 3.92. The third-order valence-corrected chi connectivity index (χ3v) is 17.9. The van der Waals surface area contributed by atoms with E-state index in [-0.39, 0.29) is 102 Å². The van der Waals surface area contributed by atoms with E-state index in [0.29, 0.717) is 61.9 Å². The van der Waals surface area contributed by atoms with Gasteiger partial charge in [-0.1, -0.05) is 70.2 Å². The van der Waals surface area contributed by atoms with Gasteiger partial charge in [0.15, 0.2) is 11.6 Å². The Hall–Kier alpha value is -7.58. The zero-order valence-corrected chi connectivity index (χ0v) is 45.4. The number of aliphatic hydroxyl groups is 1. The van der Waals surface area contributed by atoms with Gasteiger partial charge in [-0.15, -0.1) is 0 Å². The number of aliphatic hydroxyl groups excluding tert-OH is 1. The number of fused-ring (bicyclic) bond motifs is 4. The van der Waals surface area contributed by atoms with E-state index in [2.05, 4.69) is 58.9 Å². The second kappa shape index (κ2) is 21.9. The molecule has 2 aliphatic carbocycles. The van der Waals surface area contributed by atoms with Gasteiger partial charge in [-0.05, 0) is 102 Å². The van der Waals surface area contributed by atoms with Gasteiger partial charge >= 0.3 is 0 Å². The summed E-state index contributed by atoms with van der Waals surface area (Å²) in [5.74, 6) is -1.71. The molecule has 6 aliphatic rings. The van der Waals surface area contributed by atoms with Gasteiger partial charge in [0.05, 0.1) is 32.9 Å². The standard InChI is InChI=1S/C33H38N4O6.C26H32N4O6/c1-33(2)22-16-37(32(41)25-15-21-23(35-25)10-7-11-27(21)42-3)29(28(22)33)31(40)36-24(14-20-12-13-34-30(20)39)26(38)18-43-17-19-8-5-4-6-9-19;1-26(2)15-11-30(25(35)18-10-14-16(28-18)5-4-6-20(14)36-3)22(21(15)26)24(34)29-17(19(32)12-31)9-13-7-8-27-23(13)33/h4-11,15,20,22,24,28-29,35H,12-14,16-18H2,1-3H3,(H,34,39)(H,36,40);4-6,10,13,15,17,21-22,28,31H,7-9,11-12H2,1-3H3,(H,27,33)(H,29,34)/t20-,22-,24-,28-,29-;13-,15-,17-,21-,22-/m00/s1. The number of amides is 6. The molecule has 4 aliphatic heterocycles.